The van der Waals surface area contributed by atoms with Crippen molar-refractivity contribution in [3.63, 3.8) is 0 Å². The molecule has 3 heterocycles. The van der Waals surface area contributed by atoms with Crippen molar-refractivity contribution in [1.82, 2.24) is 15.1 Å². The first-order valence-electron chi connectivity index (χ1n) is 11.7. The molecular formula is C25H30Cl2N4O2. The maximum Gasteiger partial charge on any atom is 0.317 e. The molecule has 1 atom stereocenters. The SMILES string of the molecule is O=C(NCc1ccc2c(c1)OCCN2)N1CCCC2(CCN(Cc3ccc(Cl)c(Cl)c3)C2)C1. The number of carbonyl (C=O) groups excluding carboxylic acids is 1. The van der Waals surface area contributed by atoms with Crippen LogP contribution in [0.2, 0.25) is 10.0 Å². The van der Waals surface area contributed by atoms with Crippen LogP contribution in [0.5, 0.6) is 5.75 Å². The quantitative estimate of drug-likeness (QED) is 0.635. The fourth-order valence-corrected chi connectivity index (χ4v) is 5.67. The third kappa shape index (κ3) is 5.18. The van der Waals surface area contributed by atoms with Crippen LogP contribution >= 0.6 is 23.2 Å². The number of amides is 2. The second kappa shape index (κ2) is 9.61. The van der Waals surface area contributed by atoms with Gasteiger partial charge < -0.3 is 20.3 Å². The summed E-state index contributed by atoms with van der Waals surface area (Å²) in [6.45, 7) is 6.53. The van der Waals surface area contributed by atoms with Gasteiger partial charge in [-0.3, -0.25) is 4.90 Å². The normalized spacial score (nSPS) is 22.5. The van der Waals surface area contributed by atoms with Gasteiger partial charge in [0.15, 0.2) is 0 Å². The molecule has 3 aliphatic heterocycles. The molecule has 2 N–H and O–H groups in total. The Labute approximate surface area is 205 Å². The summed E-state index contributed by atoms with van der Waals surface area (Å²) in [5.74, 6) is 0.859. The molecule has 0 radical (unpaired) electrons. The number of likely N-dealkylation sites (tertiary alicyclic amines) is 2. The van der Waals surface area contributed by atoms with Crippen LogP contribution in [0.4, 0.5) is 10.5 Å². The zero-order valence-electron chi connectivity index (χ0n) is 18.7. The van der Waals surface area contributed by atoms with Crippen molar-refractivity contribution in [3.8, 4) is 5.75 Å². The Kier molecular flexibility index (Phi) is 6.59. The van der Waals surface area contributed by atoms with Gasteiger partial charge in [-0.1, -0.05) is 35.3 Å². The fourth-order valence-electron chi connectivity index (χ4n) is 5.35. The summed E-state index contributed by atoms with van der Waals surface area (Å²) in [5.41, 5.74) is 3.42. The molecule has 0 aliphatic carbocycles. The number of halogens is 2. The molecule has 2 aromatic carbocycles. The highest BCUT2D eigenvalue weighted by Crippen LogP contribution is 2.39. The third-order valence-corrected chi connectivity index (χ3v) is 7.76. The van der Waals surface area contributed by atoms with Crippen molar-refractivity contribution in [2.75, 3.05) is 44.6 Å². The lowest BCUT2D eigenvalue weighted by atomic mass is 9.79. The molecule has 33 heavy (non-hydrogen) atoms. The summed E-state index contributed by atoms with van der Waals surface area (Å²) in [6.07, 6.45) is 3.34. The molecule has 176 valence electrons. The van der Waals surface area contributed by atoms with E-state index in [4.69, 9.17) is 27.9 Å². The van der Waals surface area contributed by atoms with E-state index in [1.165, 1.54) is 12.0 Å². The van der Waals surface area contributed by atoms with Crippen molar-refractivity contribution >= 4 is 34.9 Å². The van der Waals surface area contributed by atoms with Crippen molar-refractivity contribution in [1.29, 1.82) is 0 Å². The smallest absolute Gasteiger partial charge is 0.317 e. The average Bonchev–Trinajstić information content (AvgIpc) is 3.20. The topological polar surface area (TPSA) is 56.8 Å². The van der Waals surface area contributed by atoms with Crippen molar-refractivity contribution in [2.24, 2.45) is 5.41 Å². The van der Waals surface area contributed by atoms with E-state index in [1.54, 1.807) is 0 Å². The van der Waals surface area contributed by atoms with Crippen LogP contribution in [-0.2, 0) is 13.1 Å². The van der Waals surface area contributed by atoms with E-state index in [2.05, 4.69) is 15.5 Å². The highest BCUT2D eigenvalue weighted by atomic mass is 35.5. The van der Waals surface area contributed by atoms with Gasteiger partial charge in [0.1, 0.15) is 12.4 Å². The minimum atomic E-state index is 0.0220. The molecule has 0 saturated carbocycles. The molecular weight excluding hydrogens is 459 g/mol. The van der Waals surface area contributed by atoms with Gasteiger partial charge in [-0.25, -0.2) is 4.79 Å². The Bertz CT molecular complexity index is 1030. The van der Waals surface area contributed by atoms with E-state index in [0.29, 0.717) is 23.2 Å². The van der Waals surface area contributed by atoms with Gasteiger partial charge in [0.2, 0.25) is 0 Å². The van der Waals surface area contributed by atoms with Crippen LogP contribution in [0.15, 0.2) is 36.4 Å². The van der Waals surface area contributed by atoms with Crippen molar-refractivity contribution < 1.29 is 9.53 Å². The highest BCUT2D eigenvalue weighted by molar-refractivity contribution is 6.42. The molecule has 5 rings (SSSR count). The Balaban J connectivity index is 1.15. The first-order valence-corrected chi connectivity index (χ1v) is 12.4. The lowest BCUT2D eigenvalue weighted by Gasteiger charge is -2.40. The van der Waals surface area contributed by atoms with Crippen LogP contribution < -0.4 is 15.4 Å². The Morgan fingerprint density at radius 1 is 1.06 bits per heavy atom. The summed E-state index contributed by atoms with van der Waals surface area (Å²) in [7, 11) is 0. The number of benzene rings is 2. The fraction of sp³-hybridized carbons (Fsp3) is 0.480. The molecule has 2 saturated heterocycles. The first kappa shape index (κ1) is 22.6. The number of piperidine rings is 1. The van der Waals surface area contributed by atoms with Gasteiger partial charge >= 0.3 is 6.03 Å². The van der Waals surface area contributed by atoms with Gasteiger partial charge in [0.05, 0.1) is 15.7 Å². The molecule has 6 nitrogen and oxygen atoms in total. The van der Waals surface area contributed by atoms with Crippen LogP contribution in [0, 0.1) is 5.41 Å². The lowest BCUT2D eigenvalue weighted by molar-refractivity contribution is 0.107. The number of hydrogen-bond acceptors (Lipinski definition) is 4. The zero-order chi connectivity index (χ0) is 22.8. The number of urea groups is 1. The minimum absolute atomic E-state index is 0.0220. The second-order valence-corrected chi connectivity index (χ2v) is 10.3. The number of nitrogens with one attached hydrogen (secondary N) is 2. The van der Waals surface area contributed by atoms with Crippen LogP contribution in [0.25, 0.3) is 0 Å². The molecule has 0 bridgehead atoms. The number of carbonyl (C=O) groups is 1. The number of fused-ring (bicyclic) bond motifs is 1. The molecule has 1 spiro atoms. The van der Waals surface area contributed by atoms with Crippen LogP contribution in [0.1, 0.15) is 30.4 Å². The Morgan fingerprint density at radius 2 is 1.94 bits per heavy atom. The van der Waals surface area contributed by atoms with E-state index in [9.17, 15) is 4.79 Å². The second-order valence-electron chi connectivity index (χ2n) is 9.50. The van der Waals surface area contributed by atoms with Gasteiger partial charge in [-0.2, -0.15) is 0 Å². The standard InChI is InChI=1S/C25H30Cl2N4O2/c26-20-4-2-19(12-21(20)27)15-30-10-7-25(16-30)6-1-9-31(17-25)24(32)29-14-18-3-5-22-23(13-18)33-11-8-28-22/h2-5,12-13,28H,1,6-11,14-17H2,(H,29,32). The van der Waals surface area contributed by atoms with Crippen molar-refractivity contribution in [3.05, 3.63) is 57.6 Å². The summed E-state index contributed by atoms with van der Waals surface area (Å²) in [6, 6.07) is 12.0. The number of rotatable bonds is 4. The predicted octanol–water partition coefficient (Wildman–Crippen LogP) is 5.00. The third-order valence-electron chi connectivity index (χ3n) is 7.02. The van der Waals surface area contributed by atoms with E-state index in [0.717, 1.165) is 69.1 Å². The highest BCUT2D eigenvalue weighted by Gasteiger charge is 2.42. The van der Waals surface area contributed by atoms with Gasteiger partial charge in [-0.15, -0.1) is 0 Å². The van der Waals surface area contributed by atoms with Crippen molar-refractivity contribution in [2.45, 2.75) is 32.4 Å². The van der Waals surface area contributed by atoms with Gasteiger partial charge in [0, 0.05) is 44.7 Å². The Morgan fingerprint density at radius 3 is 2.82 bits per heavy atom. The van der Waals surface area contributed by atoms with E-state index in [1.807, 2.05) is 41.3 Å². The minimum Gasteiger partial charge on any atom is -0.490 e. The Hall–Kier alpha value is -2.15. The van der Waals surface area contributed by atoms with Crippen LogP contribution in [-0.4, -0.2) is 55.2 Å². The van der Waals surface area contributed by atoms with Gasteiger partial charge in [0.25, 0.3) is 0 Å². The van der Waals surface area contributed by atoms with E-state index < -0.39 is 0 Å². The predicted molar refractivity (Wildman–Crippen MR) is 132 cm³/mol. The lowest BCUT2D eigenvalue weighted by Crippen LogP contribution is -2.50. The average molecular weight is 489 g/mol. The van der Waals surface area contributed by atoms with Gasteiger partial charge in [-0.05, 0) is 61.2 Å². The number of ether oxygens (including phenoxy) is 1. The summed E-state index contributed by atoms with van der Waals surface area (Å²) < 4.78 is 5.71. The maximum absolute atomic E-state index is 13.0. The maximum atomic E-state index is 13.0. The molecule has 2 amide bonds. The number of hydrogen-bond donors (Lipinski definition) is 2. The molecule has 0 aromatic heterocycles. The summed E-state index contributed by atoms with van der Waals surface area (Å²) in [5, 5.41) is 7.63. The largest absolute Gasteiger partial charge is 0.490 e. The monoisotopic (exact) mass is 488 g/mol. The summed E-state index contributed by atoms with van der Waals surface area (Å²) >= 11 is 12.3. The number of anilines is 1. The molecule has 8 heteroatoms. The molecule has 2 aromatic rings. The number of nitrogens with zero attached hydrogens (tertiary/aromatic N) is 2. The zero-order valence-corrected chi connectivity index (χ0v) is 20.2. The van der Waals surface area contributed by atoms with E-state index >= 15 is 0 Å². The molecule has 3 aliphatic rings. The van der Waals surface area contributed by atoms with E-state index in [-0.39, 0.29) is 11.4 Å². The molecule has 1 unspecified atom stereocenters. The molecule has 2 fully saturated rings. The first-order chi connectivity index (χ1) is 16.0. The summed E-state index contributed by atoms with van der Waals surface area (Å²) in [4.78, 5) is 17.4. The van der Waals surface area contributed by atoms with Crippen LogP contribution in [0.3, 0.4) is 0 Å².